The Labute approximate surface area is 83.0 Å². The molecular weight excluding hydrogens is 211 g/mol. The molecule has 0 heterocycles. The molecule has 7 heteroatoms. The Balaban J connectivity index is 3.92. The van der Waals surface area contributed by atoms with Crippen molar-refractivity contribution in [3.8, 4) is 0 Å². The van der Waals surface area contributed by atoms with Crippen molar-refractivity contribution >= 4 is 13.8 Å². The van der Waals surface area contributed by atoms with E-state index in [1.54, 1.807) is 6.92 Å². The first-order valence-electron chi connectivity index (χ1n) is 4.06. The molecule has 0 bridgehead atoms. The van der Waals surface area contributed by atoms with Crippen LogP contribution in [-0.2, 0) is 23.1 Å². The molecule has 6 nitrogen and oxygen atoms in total. The molecule has 0 aromatic rings. The molecule has 2 unspecified atom stereocenters. The number of ether oxygens (including phenoxy) is 2. The minimum Gasteiger partial charge on any atom is -0.435 e. The van der Waals surface area contributed by atoms with Crippen LogP contribution in [0, 0.1) is 0 Å². The van der Waals surface area contributed by atoms with Crippen LogP contribution in [0.4, 0.5) is 4.79 Å². The Morgan fingerprint density at radius 1 is 1.50 bits per heavy atom. The van der Waals surface area contributed by atoms with E-state index in [2.05, 4.69) is 14.0 Å². The molecule has 0 N–H and O–H groups in total. The van der Waals surface area contributed by atoms with E-state index in [1.807, 2.05) is 0 Å². The Morgan fingerprint density at radius 3 is 2.50 bits per heavy atom. The largest absolute Gasteiger partial charge is 0.510 e. The van der Waals surface area contributed by atoms with Crippen LogP contribution >= 0.6 is 7.60 Å². The zero-order valence-electron chi connectivity index (χ0n) is 8.68. The summed E-state index contributed by atoms with van der Waals surface area (Å²) in [4.78, 5) is 10.8. The molecule has 84 valence electrons. The van der Waals surface area contributed by atoms with Crippen molar-refractivity contribution in [3.63, 3.8) is 0 Å². The van der Waals surface area contributed by atoms with Crippen LogP contribution in [0.15, 0.2) is 0 Å². The van der Waals surface area contributed by atoms with Gasteiger partial charge in [-0.1, -0.05) is 0 Å². The highest BCUT2D eigenvalue weighted by Gasteiger charge is 2.21. The first-order chi connectivity index (χ1) is 6.41. The summed E-state index contributed by atoms with van der Waals surface area (Å²) in [5.41, 5.74) is 0. The smallest absolute Gasteiger partial charge is 0.435 e. The van der Waals surface area contributed by atoms with Gasteiger partial charge in [0.25, 0.3) is 0 Å². The van der Waals surface area contributed by atoms with Crippen LogP contribution in [0.5, 0.6) is 0 Å². The molecule has 0 aliphatic carbocycles. The fourth-order valence-corrected chi connectivity index (χ4v) is 1.29. The highest BCUT2D eigenvalue weighted by molar-refractivity contribution is 7.52. The van der Waals surface area contributed by atoms with Crippen molar-refractivity contribution < 1.29 is 27.9 Å². The van der Waals surface area contributed by atoms with Gasteiger partial charge in [0.2, 0.25) is 6.29 Å². The predicted octanol–water partition coefficient (Wildman–Crippen LogP) is 1.99. The third-order valence-corrected chi connectivity index (χ3v) is 2.54. The fourth-order valence-electron chi connectivity index (χ4n) is 0.622. The van der Waals surface area contributed by atoms with Crippen molar-refractivity contribution in [2.24, 2.45) is 0 Å². The van der Waals surface area contributed by atoms with Gasteiger partial charge in [0.15, 0.2) is 0 Å². The van der Waals surface area contributed by atoms with Gasteiger partial charge >= 0.3 is 13.8 Å². The Kier molecular flexibility index (Phi) is 5.76. The molecule has 0 aliphatic rings. The summed E-state index contributed by atoms with van der Waals surface area (Å²) in [7, 11) is -1.89. The fraction of sp³-hybridized carbons (Fsp3) is 0.857. The number of carbonyl (C=O) groups excluding carboxylic acids is 1. The van der Waals surface area contributed by atoms with Crippen molar-refractivity contribution in [2.75, 3.05) is 20.4 Å². The summed E-state index contributed by atoms with van der Waals surface area (Å²) in [6.45, 7) is 4.55. The topological polar surface area (TPSA) is 71.1 Å². The van der Waals surface area contributed by atoms with Gasteiger partial charge < -0.3 is 14.0 Å². The van der Waals surface area contributed by atoms with Gasteiger partial charge in [0.05, 0.1) is 6.61 Å². The van der Waals surface area contributed by atoms with E-state index in [0.717, 1.165) is 0 Å². The lowest BCUT2D eigenvalue weighted by Gasteiger charge is -2.17. The molecule has 0 fully saturated rings. The second kappa shape index (κ2) is 6.01. The summed E-state index contributed by atoms with van der Waals surface area (Å²) in [5, 5.41) is 0. The van der Waals surface area contributed by atoms with Gasteiger partial charge in [-0.2, -0.15) is 0 Å². The quantitative estimate of drug-likeness (QED) is 0.405. The molecule has 0 aromatic carbocycles. The molecule has 0 saturated carbocycles. The second-order valence-corrected chi connectivity index (χ2v) is 4.55. The standard InChI is InChI=1S/C7H15O6P/c1-5-11-7(8)12-6(2)13-14(4,9)10-3/h6H,5H2,1-4H3. The molecule has 0 amide bonds. The van der Waals surface area contributed by atoms with Crippen molar-refractivity contribution in [3.05, 3.63) is 0 Å². The van der Waals surface area contributed by atoms with E-state index in [9.17, 15) is 9.36 Å². The van der Waals surface area contributed by atoms with E-state index in [1.165, 1.54) is 20.7 Å². The van der Waals surface area contributed by atoms with Gasteiger partial charge in [-0.05, 0) is 13.8 Å². The highest BCUT2D eigenvalue weighted by atomic mass is 31.2. The molecule has 0 aromatic heterocycles. The molecule has 0 aliphatic heterocycles. The van der Waals surface area contributed by atoms with Gasteiger partial charge in [0.1, 0.15) is 0 Å². The van der Waals surface area contributed by atoms with Crippen LogP contribution in [-0.4, -0.2) is 32.8 Å². The normalized spacial score (nSPS) is 16.9. The van der Waals surface area contributed by atoms with Gasteiger partial charge in [-0.15, -0.1) is 0 Å². The van der Waals surface area contributed by atoms with E-state index in [4.69, 9.17) is 4.52 Å². The van der Waals surface area contributed by atoms with Crippen LogP contribution in [0.1, 0.15) is 13.8 Å². The zero-order chi connectivity index (χ0) is 11.2. The van der Waals surface area contributed by atoms with Crippen molar-refractivity contribution in [1.82, 2.24) is 0 Å². The Hall–Kier alpha value is -0.580. The summed E-state index contributed by atoms with van der Waals surface area (Å²) >= 11 is 0. The SMILES string of the molecule is CCOC(=O)OC(C)OP(C)(=O)OC. The number of hydrogen-bond acceptors (Lipinski definition) is 6. The first kappa shape index (κ1) is 13.4. The van der Waals surface area contributed by atoms with E-state index in [0.29, 0.717) is 0 Å². The maximum Gasteiger partial charge on any atom is 0.510 e. The van der Waals surface area contributed by atoms with Gasteiger partial charge in [-0.3, -0.25) is 9.09 Å². The molecule has 2 atom stereocenters. The number of rotatable bonds is 5. The molecule has 0 saturated heterocycles. The minimum absolute atomic E-state index is 0.208. The van der Waals surface area contributed by atoms with Crippen LogP contribution < -0.4 is 0 Å². The summed E-state index contributed by atoms with van der Waals surface area (Å²) < 4.78 is 29.7. The van der Waals surface area contributed by atoms with Crippen molar-refractivity contribution in [2.45, 2.75) is 20.1 Å². The molecule has 0 spiro atoms. The maximum atomic E-state index is 11.3. The van der Waals surface area contributed by atoms with Gasteiger partial charge in [0, 0.05) is 13.8 Å². The summed E-state index contributed by atoms with van der Waals surface area (Å²) in [6.07, 6.45) is -1.83. The van der Waals surface area contributed by atoms with Crippen LogP contribution in [0.2, 0.25) is 0 Å². The molecule has 0 radical (unpaired) electrons. The zero-order valence-corrected chi connectivity index (χ0v) is 9.58. The predicted molar refractivity (Wildman–Crippen MR) is 49.2 cm³/mol. The highest BCUT2D eigenvalue weighted by Crippen LogP contribution is 2.44. The van der Waals surface area contributed by atoms with Gasteiger partial charge in [-0.25, -0.2) is 4.79 Å². The van der Waals surface area contributed by atoms with Crippen LogP contribution in [0.3, 0.4) is 0 Å². The third-order valence-electron chi connectivity index (χ3n) is 1.20. The Morgan fingerprint density at radius 2 is 2.07 bits per heavy atom. The van der Waals surface area contributed by atoms with Crippen LogP contribution in [0.25, 0.3) is 0 Å². The minimum atomic E-state index is -3.14. The number of carbonyl (C=O) groups is 1. The maximum absolute atomic E-state index is 11.3. The Bertz CT molecular complexity index is 228. The number of hydrogen-bond donors (Lipinski definition) is 0. The van der Waals surface area contributed by atoms with E-state index >= 15 is 0 Å². The molecular formula is C7H15O6P. The average Bonchev–Trinajstić information content (AvgIpc) is 2.03. The molecule has 0 rings (SSSR count). The summed E-state index contributed by atoms with van der Waals surface area (Å²) in [5.74, 6) is 0. The van der Waals surface area contributed by atoms with Crippen molar-refractivity contribution in [1.29, 1.82) is 0 Å². The monoisotopic (exact) mass is 226 g/mol. The first-order valence-corrected chi connectivity index (χ1v) is 6.05. The molecule has 14 heavy (non-hydrogen) atoms. The summed E-state index contributed by atoms with van der Waals surface area (Å²) in [6, 6.07) is 0. The average molecular weight is 226 g/mol. The second-order valence-electron chi connectivity index (χ2n) is 2.43. The lowest BCUT2D eigenvalue weighted by atomic mass is 10.8. The third kappa shape index (κ3) is 5.96. The lowest BCUT2D eigenvalue weighted by molar-refractivity contribution is -0.0563. The van der Waals surface area contributed by atoms with E-state index in [-0.39, 0.29) is 6.61 Å². The van der Waals surface area contributed by atoms with E-state index < -0.39 is 20.0 Å². The lowest BCUT2D eigenvalue weighted by Crippen LogP contribution is -2.18.